The van der Waals surface area contributed by atoms with E-state index in [0.29, 0.717) is 13.1 Å². The second-order valence-electron chi connectivity index (χ2n) is 6.74. The number of aliphatic hydroxyl groups is 1. The van der Waals surface area contributed by atoms with E-state index in [1.165, 1.54) is 5.56 Å². The number of methoxy groups -OCH3 is 1. The molecule has 0 aliphatic carbocycles. The average molecular weight is 377 g/mol. The molecule has 3 aromatic rings. The van der Waals surface area contributed by atoms with Crippen LogP contribution < -0.4 is 9.47 Å². The molecule has 0 aromatic heterocycles. The van der Waals surface area contributed by atoms with Crippen LogP contribution in [0.15, 0.2) is 84.9 Å². The molecule has 0 unspecified atom stereocenters. The van der Waals surface area contributed by atoms with Crippen LogP contribution in [0, 0.1) is 0 Å². The smallest absolute Gasteiger partial charge is 0.123 e. The maximum absolute atomic E-state index is 10.6. The van der Waals surface area contributed by atoms with Crippen LogP contribution in [0.3, 0.4) is 0 Å². The lowest BCUT2D eigenvalue weighted by Gasteiger charge is -2.26. The van der Waals surface area contributed by atoms with Crippen LogP contribution in [-0.2, 0) is 13.1 Å². The number of rotatable bonds is 10. The normalized spacial score (nSPS) is 12.0. The van der Waals surface area contributed by atoms with Gasteiger partial charge in [-0.2, -0.15) is 0 Å². The lowest BCUT2D eigenvalue weighted by Crippen LogP contribution is -2.35. The first-order valence-corrected chi connectivity index (χ1v) is 9.48. The van der Waals surface area contributed by atoms with Crippen LogP contribution in [-0.4, -0.2) is 36.4 Å². The highest BCUT2D eigenvalue weighted by molar-refractivity contribution is 5.33. The number of nitrogens with zero attached hydrogens (tertiary/aromatic N) is 1. The van der Waals surface area contributed by atoms with Crippen LogP contribution in [0.1, 0.15) is 11.1 Å². The summed E-state index contributed by atoms with van der Waals surface area (Å²) in [4.78, 5) is 2.21. The Morgan fingerprint density at radius 1 is 0.821 bits per heavy atom. The Kier molecular flexibility index (Phi) is 7.47. The molecule has 146 valence electrons. The molecular weight excluding hydrogens is 350 g/mol. The van der Waals surface area contributed by atoms with Crippen molar-refractivity contribution in [2.75, 3.05) is 20.3 Å². The highest BCUT2D eigenvalue weighted by Gasteiger charge is 2.15. The van der Waals surface area contributed by atoms with E-state index >= 15 is 0 Å². The molecule has 0 aliphatic heterocycles. The van der Waals surface area contributed by atoms with Crippen LogP contribution >= 0.6 is 0 Å². The highest BCUT2D eigenvalue weighted by Crippen LogP contribution is 2.20. The fourth-order valence-electron chi connectivity index (χ4n) is 3.16. The molecule has 0 amide bonds. The van der Waals surface area contributed by atoms with Gasteiger partial charge in [-0.3, -0.25) is 4.90 Å². The third-order valence-corrected chi connectivity index (χ3v) is 4.49. The third-order valence-electron chi connectivity index (χ3n) is 4.49. The number of hydrogen-bond acceptors (Lipinski definition) is 4. The summed E-state index contributed by atoms with van der Waals surface area (Å²) in [5.74, 6) is 1.62. The number of para-hydroxylation sites is 2. The molecule has 0 saturated carbocycles. The summed E-state index contributed by atoms with van der Waals surface area (Å²) >= 11 is 0. The van der Waals surface area contributed by atoms with Crippen molar-refractivity contribution in [1.29, 1.82) is 0 Å². The molecule has 0 bridgehead atoms. The average Bonchev–Trinajstić information content (AvgIpc) is 2.74. The molecule has 28 heavy (non-hydrogen) atoms. The lowest BCUT2D eigenvalue weighted by molar-refractivity contribution is 0.0626. The van der Waals surface area contributed by atoms with Crippen LogP contribution in [0.2, 0.25) is 0 Å². The Morgan fingerprint density at radius 2 is 1.46 bits per heavy atom. The summed E-state index contributed by atoms with van der Waals surface area (Å²) in [5.41, 5.74) is 2.30. The highest BCUT2D eigenvalue weighted by atomic mass is 16.5. The van der Waals surface area contributed by atoms with Crippen molar-refractivity contribution in [3.05, 3.63) is 96.1 Å². The summed E-state index contributed by atoms with van der Waals surface area (Å²) in [6.45, 7) is 2.17. The number of ether oxygens (including phenoxy) is 2. The Bertz CT molecular complexity index is 824. The quantitative estimate of drug-likeness (QED) is 0.577. The molecule has 1 atom stereocenters. The summed E-state index contributed by atoms with van der Waals surface area (Å²) in [7, 11) is 1.68. The van der Waals surface area contributed by atoms with Crippen molar-refractivity contribution in [2.24, 2.45) is 0 Å². The fraction of sp³-hybridized carbons (Fsp3) is 0.250. The maximum atomic E-state index is 10.6. The van der Waals surface area contributed by atoms with E-state index in [1.807, 2.05) is 66.7 Å². The SMILES string of the molecule is COc1ccccc1CN(Cc1ccccc1)C[C@H](O)COc1ccccc1. The lowest BCUT2D eigenvalue weighted by atomic mass is 10.1. The zero-order valence-corrected chi connectivity index (χ0v) is 16.2. The minimum Gasteiger partial charge on any atom is -0.496 e. The molecular formula is C24H27NO3. The van der Waals surface area contributed by atoms with E-state index in [2.05, 4.69) is 23.1 Å². The summed E-state index contributed by atoms with van der Waals surface area (Å²) in [6, 6.07) is 27.8. The minimum atomic E-state index is -0.598. The van der Waals surface area contributed by atoms with Crippen molar-refractivity contribution in [1.82, 2.24) is 4.90 Å². The Balaban J connectivity index is 1.66. The number of hydrogen-bond donors (Lipinski definition) is 1. The second-order valence-corrected chi connectivity index (χ2v) is 6.74. The van der Waals surface area contributed by atoms with Crippen molar-refractivity contribution in [3.8, 4) is 11.5 Å². The second kappa shape index (κ2) is 10.5. The van der Waals surface area contributed by atoms with E-state index in [9.17, 15) is 5.11 Å². The molecule has 0 aliphatic rings. The van der Waals surface area contributed by atoms with Gasteiger partial charge in [0.1, 0.15) is 24.2 Å². The summed E-state index contributed by atoms with van der Waals surface area (Å²) < 4.78 is 11.2. The molecule has 3 rings (SSSR count). The van der Waals surface area contributed by atoms with Crippen molar-refractivity contribution < 1.29 is 14.6 Å². The number of aliphatic hydroxyl groups excluding tert-OH is 1. The predicted octanol–water partition coefficient (Wildman–Crippen LogP) is 4.14. The monoisotopic (exact) mass is 377 g/mol. The van der Waals surface area contributed by atoms with E-state index in [1.54, 1.807) is 7.11 Å². The topological polar surface area (TPSA) is 41.9 Å². The fourth-order valence-corrected chi connectivity index (χ4v) is 3.16. The van der Waals surface area contributed by atoms with Gasteiger partial charge in [-0.25, -0.2) is 0 Å². The first kappa shape index (κ1) is 19.9. The first-order valence-electron chi connectivity index (χ1n) is 9.48. The van der Waals surface area contributed by atoms with Gasteiger partial charge in [0, 0.05) is 25.2 Å². The molecule has 0 spiro atoms. The van der Waals surface area contributed by atoms with Gasteiger partial charge >= 0.3 is 0 Å². The Morgan fingerprint density at radius 3 is 2.18 bits per heavy atom. The van der Waals surface area contributed by atoms with Crippen LogP contribution in [0.4, 0.5) is 0 Å². The van der Waals surface area contributed by atoms with Gasteiger partial charge in [0.15, 0.2) is 0 Å². The molecule has 3 aromatic carbocycles. The van der Waals surface area contributed by atoms with Gasteiger partial charge < -0.3 is 14.6 Å². The first-order chi connectivity index (χ1) is 13.7. The minimum absolute atomic E-state index is 0.251. The maximum Gasteiger partial charge on any atom is 0.123 e. The van der Waals surface area contributed by atoms with E-state index in [-0.39, 0.29) is 6.61 Å². The number of benzene rings is 3. The largest absolute Gasteiger partial charge is 0.496 e. The zero-order chi connectivity index (χ0) is 19.6. The van der Waals surface area contributed by atoms with Crippen molar-refractivity contribution >= 4 is 0 Å². The molecule has 0 radical (unpaired) electrons. The molecule has 0 fully saturated rings. The zero-order valence-electron chi connectivity index (χ0n) is 16.2. The van der Waals surface area contributed by atoms with E-state index in [0.717, 1.165) is 23.6 Å². The van der Waals surface area contributed by atoms with Gasteiger partial charge in [-0.15, -0.1) is 0 Å². The summed E-state index contributed by atoms with van der Waals surface area (Å²) in [6.07, 6.45) is -0.598. The predicted molar refractivity (Wildman–Crippen MR) is 111 cm³/mol. The van der Waals surface area contributed by atoms with Gasteiger partial charge in [0.05, 0.1) is 7.11 Å². The van der Waals surface area contributed by atoms with Gasteiger partial charge in [-0.1, -0.05) is 66.7 Å². The van der Waals surface area contributed by atoms with Crippen molar-refractivity contribution in [3.63, 3.8) is 0 Å². The summed E-state index contributed by atoms with van der Waals surface area (Å²) in [5, 5.41) is 10.6. The van der Waals surface area contributed by atoms with E-state index in [4.69, 9.17) is 9.47 Å². The molecule has 0 heterocycles. The van der Waals surface area contributed by atoms with E-state index < -0.39 is 6.10 Å². The Hall–Kier alpha value is -2.82. The van der Waals surface area contributed by atoms with Gasteiger partial charge in [0.2, 0.25) is 0 Å². The molecule has 4 nitrogen and oxygen atoms in total. The van der Waals surface area contributed by atoms with Gasteiger partial charge in [-0.05, 0) is 23.8 Å². The molecule has 1 N–H and O–H groups in total. The van der Waals surface area contributed by atoms with Gasteiger partial charge in [0.25, 0.3) is 0 Å². The molecule has 0 saturated heterocycles. The standard InChI is InChI=1S/C24H27NO3/c1-27-24-15-9-8-12-21(24)17-25(16-20-10-4-2-5-11-20)18-22(26)19-28-23-13-6-3-7-14-23/h2-15,22,26H,16-19H2,1H3/t22-/m0/s1. The Labute approximate surface area is 167 Å². The molecule has 4 heteroatoms. The van der Waals surface area contributed by atoms with Crippen LogP contribution in [0.5, 0.6) is 11.5 Å². The van der Waals surface area contributed by atoms with Crippen LogP contribution in [0.25, 0.3) is 0 Å². The third kappa shape index (κ3) is 6.12. The van der Waals surface area contributed by atoms with Crippen molar-refractivity contribution in [2.45, 2.75) is 19.2 Å².